The Morgan fingerprint density at radius 3 is 2.91 bits per heavy atom. The number of para-hydroxylation sites is 1. The Kier molecular flexibility index (Phi) is 6.43. The van der Waals surface area contributed by atoms with Crippen LogP contribution in [-0.2, 0) is 14.3 Å². The first-order valence-corrected chi connectivity index (χ1v) is 11.9. The van der Waals surface area contributed by atoms with E-state index < -0.39 is 5.97 Å². The van der Waals surface area contributed by atoms with Crippen molar-refractivity contribution in [1.82, 2.24) is 9.88 Å². The van der Waals surface area contributed by atoms with Gasteiger partial charge in [0.25, 0.3) is 0 Å². The molecule has 1 aromatic carbocycles. The molecule has 1 saturated heterocycles. The lowest BCUT2D eigenvalue weighted by Gasteiger charge is -2.43. The number of aromatic amines is 1. The highest BCUT2D eigenvalue weighted by atomic mass is 32.2. The quantitative estimate of drug-likeness (QED) is 0.307. The predicted octanol–water partition coefficient (Wildman–Crippen LogP) is 4.79. The van der Waals surface area contributed by atoms with Gasteiger partial charge in [0.1, 0.15) is 17.7 Å². The fraction of sp³-hybridized carbons (Fsp3) is 0.400. The highest BCUT2D eigenvalue weighted by Gasteiger charge is 2.45. The third-order valence-electron chi connectivity index (χ3n) is 6.41. The van der Waals surface area contributed by atoms with Crippen molar-refractivity contribution in [2.24, 2.45) is 5.92 Å². The summed E-state index contributed by atoms with van der Waals surface area (Å²) in [6.07, 6.45) is 4.02. The van der Waals surface area contributed by atoms with Crippen molar-refractivity contribution < 1.29 is 14.3 Å². The molecule has 2 fully saturated rings. The second-order valence-corrected chi connectivity index (χ2v) is 9.47. The monoisotopic (exact) mass is 449 g/mol. The third kappa shape index (κ3) is 3.84. The molecule has 2 heterocycles. The van der Waals surface area contributed by atoms with Crippen LogP contribution in [0, 0.1) is 24.2 Å². The number of ether oxygens (including phenoxy) is 1. The number of thioether (sulfide) groups is 1. The van der Waals surface area contributed by atoms with Crippen molar-refractivity contribution in [2.75, 3.05) is 13.2 Å². The number of nitrogens with one attached hydrogen (secondary N) is 1. The lowest BCUT2D eigenvalue weighted by Crippen LogP contribution is -2.46. The van der Waals surface area contributed by atoms with Gasteiger partial charge in [0, 0.05) is 28.4 Å². The maximum absolute atomic E-state index is 13.3. The number of amides is 1. The fourth-order valence-electron chi connectivity index (χ4n) is 5.02. The normalized spacial score (nSPS) is 24.6. The number of carbonyl (C=O) groups excluding carboxylic acids is 2. The molecule has 6 nitrogen and oxygen atoms in total. The molecule has 3 unspecified atom stereocenters. The number of aryl methyl sites for hydroxylation is 1. The highest BCUT2D eigenvalue weighted by molar-refractivity contribution is 8.03. The van der Waals surface area contributed by atoms with Gasteiger partial charge < -0.3 is 14.6 Å². The molecule has 2 aromatic rings. The summed E-state index contributed by atoms with van der Waals surface area (Å²) >= 11 is 1.48. The first-order chi connectivity index (χ1) is 15.5. The van der Waals surface area contributed by atoms with E-state index in [0.29, 0.717) is 17.5 Å². The molecule has 1 aliphatic carbocycles. The average molecular weight is 450 g/mol. The van der Waals surface area contributed by atoms with Gasteiger partial charge in [-0.15, -0.1) is 11.8 Å². The van der Waals surface area contributed by atoms with Crippen molar-refractivity contribution in [3.8, 4) is 6.07 Å². The number of benzene rings is 1. The number of nitriles is 1. The van der Waals surface area contributed by atoms with E-state index in [2.05, 4.69) is 36.7 Å². The Morgan fingerprint density at radius 1 is 1.41 bits per heavy atom. The minimum absolute atomic E-state index is 0.00428. The number of hydrogen-bond donors (Lipinski definition) is 1. The summed E-state index contributed by atoms with van der Waals surface area (Å²) in [5, 5.41) is 11.4. The van der Waals surface area contributed by atoms with Crippen LogP contribution in [0.4, 0.5) is 0 Å². The molecule has 1 N–H and O–H groups in total. The van der Waals surface area contributed by atoms with E-state index in [1.807, 2.05) is 19.1 Å². The summed E-state index contributed by atoms with van der Waals surface area (Å²) < 4.78 is 5.11. The Morgan fingerprint density at radius 2 is 2.19 bits per heavy atom. The lowest BCUT2D eigenvalue weighted by atomic mass is 9.77. The van der Waals surface area contributed by atoms with E-state index in [1.165, 1.54) is 34.5 Å². The lowest BCUT2D eigenvalue weighted by molar-refractivity contribution is -0.137. The van der Waals surface area contributed by atoms with Crippen LogP contribution >= 0.6 is 11.8 Å². The zero-order valence-electron chi connectivity index (χ0n) is 18.4. The van der Waals surface area contributed by atoms with Gasteiger partial charge in [-0.2, -0.15) is 5.26 Å². The molecule has 3 atom stereocenters. The summed E-state index contributed by atoms with van der Waals surface area (Å²) in [4.78, 5) is 30.9. The van der Waals surface area contributed by atoms with Crippen LogP contribution in [0.3, 0.4) is 0 Å². The van der Waals surface area contributed by atoms with Crippen LogP contribution in [0.5, 0.6) is 0 Å². The summed E-state index contributed by atoms with van der Waals surface area (Å²) in [5.41, 5.74) is 3.51. The standard InChI is InChI=1S/C25H27N3O3S/c1-4-12-31-25(30)19(14-26)24-28(5-2)23(29)18-11-10-16(13-21(18)32-24)22-15(3)27-20-9-7-6-8-17(20)22/h4,6-9,16,18,21,27H,1,5,10-13H2,2-3H3/b24-19-. The number of carbonyl (C=O) groups is 2. The molecule has 1 saturated carbocycles. The molecular formula is C25H27N3O3S. The van der Waals surface area contributed by atoms with Gasteiger partial charge >= 0.3 is 5.97 Å². The van der Waals surface area contributed by atoms with Gasteiger partial charge in [-0.1, -0.05) is 30.9 Å². The van der Waals surface area contributed by atoms with Crippen molar-refractivity contribution in [3.63, 3.8) is 0 Å². The molecule has 2 aliphatic rings. The van der Waals surface area contributed by atoms with Crippen LogP contribution in [-0.4, -0.2) is 40.2 Å². The number of H-pyrrole nitrogens is 1. The average Bonchev–Trinajstić information content (AvgIpc) is 3.13. The zero-order chi connectivity index (χ0) is 22.8. The van der Waals surface area contributed by atoms with Crippen LogP contribution in [0.2, 0.25) is 0 Å². The zero-order valence-corrected chi connectivity index (χ0v) is 19.2. The summed E-state index contributed by atoms with van der Waals surface area (Å²) in [5.74, 6) is -0.487. The van der Waals surface area contributed by atoms with Crippen LogP contribution in [0.25, 0.3) is 10.9 Å². The first kappa shape index (κ1) is 22.2. The minimum Gasteiger partial charge on any atom is -0.457 e. The molecule has 0 bridgehead atoms. The van der Waals surface area contributed by atoms with Gasteiger partial charge in [-0.3, -0.25) is 4.79 Å². The number of esters is 1. The molecule has 1 aliphatic heterocycles. The highest BCUT2D eigenvalue weighted by Crippen LogP contribution is 2.50. The molecule has 7 heteroatoms. The number of rotatable bonds is 5. The third-order valence-corrected chi connectivity index (χ3v) is 7.88. The predicted molar refractivity (Wildman–Crippen MR) is 126 cm³/mol. The van der Waals surface area contributed by atoms with Crippen molar-refractivity contribution in [3.05, 3.63) is 58.8 Å². The van der Waals surface area contributed by atoms with E-state index >= 15 is 0 Å². The smallest absolute Gasteiger partial charge is 0.351 e. The van der Waals surface area contributed by atoms with Crippen LogP contribution < -0.4 is 0 Å². The van der Waals surface area contributed by atoms with Crippen molar-refractivity contribution in [2.45, 2.75) is 44.3 Å². The Bertz CT molecular complexity index is 1140. The van der Waals surface area contributed by atoms with Crippen LogP contribution in [0.15, 0.2) is 47.5 Å². The summed E-state index contributed by atoms with van der Waals surface area (Å²) in [6.45, 7) is 7.95. The number of hydrogen-bond acceptors (Lipinski definition) is 5. The molecule has 4 rings (SSSR count). The van der Waals surface area contributed by atoms with E-state index in [4.69, 9.17) is 4.74 Å². The van der Waals surface area contributed by atoms with E-state index in [1.54, 1.807) is 4.90 Å². The minimum atomic E-state index is -0.709. The van der Waals surface area contributed by atoms with Crippen molar-refractivity contribution in [1.29, 1.82) is 5.26 Å². The maximum atomic E-state index is 13.3. The molecule has 1 aromatic heterocycles. The van der Waals surface area contributed by atoms with Crippen LogP contribution in [0.1, 0.15) is 43.4 Å². The SMILES string of the molecule is C=CCOC(=O)/C(C#N)=C1\SC2CC(c3c(C)[nH]c4ccccc34)CCC2C(=O)N1CC. The second-order valence-electron chi connectivity index (χ2n) is 8.24. The van der Waals surface area contributed by atoms with Gasteiger partial charge in [0.15, 0.2) is 5.57 Å². The molecule has 166 valence electrons. The second kappa shape index (κ2) is 9.25. The van der Waals surface area contributed by atoms with Crippen molar-refractivity contribution >= 4 is 34.5 Å². The molecular weight excluding hydrogens is 422 g/mol. The van der Waals surface area contributed by atoms with E-state index in [-0.39, 0.29) is 29.3 Å². The Balaban J connectivity index is 1.67. The topological polar surface area (TPSA) is 86.2 Å². The number of aromatic nitrogens is 1. The molecule has 0 spiro atoms. The summed E-state index contributed by atoms with van der Waals surface area (Å²) in [6, 6.07) is 10.3. The Labute approximate surface area is 192 Å². The number of fused-ring (bicyclic) bond motifs is 2. The largest absolute Gasteiger partial charge is 0.457 e. The van der Waals surface area contributed by atoms with Gasteiger partial charge in [0.05, 0.1) is 5.92 Å². The van der Waals surface area contributed by atoms with Gasteiger partial charge in [0.2, 0.25) is 5.91 Å². The van der Waals surface area contributed by atoms with E-state index in [0.717, 1.165) is 24.8 Å². The number of nitrogens with zero attached hydrogens (tertiary/aromatic N) is 2. The van der Waals surface area contributed by atoms with Gasteiger partial charge in [-0.25, -0.2) is 4.79 Å². The molecule has 32 heavy (non-hydrogen) atoms. The van der Waals surface area contributed by atoms with Gasteiger partial charge in [-0.05, 0) is 50.7 Å². The molecule has 1 amide bonds. The fourth-order valence-corrected chi connectivity index (χ4v) is 6.64. The molecule has 0 radical (unpaired) electrons. The van der Waals surface area contributed by atoms with E-state index in [9.17, 15) is 14.9 Å². The maximum Gasteiger partial charge on any atom is 0.351 e. The Hall–Kier alpha value is -2.98. The summed E-state index contributed by atoms with van der Waals surface area (Å²) in [7, 11) is 0. The first-order valence-electron chi connectivity index (χ1n) is 11.0.